The second kappa shape index (κ2) is 10.8. The second-order valence-corrected chi connectivity index (χ2v) is 9.56. The van der Waals surface area contributed by atoms with Crippen molar-refractivity contribution in [2.45, 2.75) is 38.9 Å². The fourth-order valence-electron chi connectivity index (χ4n) is 4.96. The number of methoxy groups -OCH3 is 2. The zero-order chi connectivity index (χ0) is 27.7. The third kappa shape index (κ3) is 5.08. The normalized spacial score (nSPS) is 17.9. The van der Waals surface area contributed by atoms with E-state index in [1.54, 1.807) is 24.1 Å². The number of hydrogen-bond donors (Lipinski definition) is 2. The van der Waals surface area contributed by atoms with Crippen LogP contribution in [0.25, 0.3) is 11.4 Å². The first-order valence-electron chi connectivity index (χ1n) is 12.7. The SMILES string of the molecule is CCNC(=O)[C@H]1C[C@H](Nc2nc(-c3c(F)cccc3F)nc3c2C(=O)N(Cc2ccc(OC)cc2OC)C3)C1. The average molecular weight is 538 g/mol. The molecule has 0 unspecified atom stereocenters. The minimum atomic E-state index is -0.801. The summed E-state index contributed by atoms with van der Waals surface area (Å²) in [5.74, 6) is -0.854. The quantitative estimate of drug-likeness (QED) is 0.426. The molecule has 1 aliphatic carbocycles. The lowest BCUT2D eigenvalue weighted by Gasteiger charge is -2.35. The molecular formula is C28H29F2N5O4. The molecule has 39 heavy (non-hydrogen) atoms. The Kier molecular flexibility index (Phi) is 7.32. The molecule has 0 bridgehead atoms. The number of ether oxygens (including phenoxy) is 2. The number of carbonyl (C=O) groups excluding carboxylic acids is 2. The molecule has 2 amide bonds. The van der Waals surface area contributed by atoms with E-state index in [9.17, 15) is 18.4 Å². The van der Waals surface area contributed by atoms with Gasteiger partial charge in [0.05, 0.1) is 38.6 Å². The fourth-order valence-corrected chi connectivity index (χ4v) is 4.96. The van der Waals surface area contributed by atoms with Gasteiger partial charge >= 0.3 is 0 Å². The number of carbonyl (C=O) groups is 2. The first kappa shape index (κ1) is 26.3. The molecular weight excluding hydrogens is 508 g/mol. The second-order valence-electron chi connectivity index (χ2n) is 9.56. The number of nitrogens with zero attached hydrogens (tertiary/aromatic N) is 3. The zero-order valence-electron chi connectivity index (χ0n) is 21.9. The summed E-state index contributed by atoms with van der Waals surface area (Å²) in [4.78, 5) is 36.2. The van der Waals surface area contributed by atoms with Gasteiger partial charge in [0.2, 0.25) is 5.91 Å². The number of rotatable bonds is 9. The largest absolute Gasteiger partial charge is 0.497 e. The minimum Gasteiger partial charge on any atom is -0.497 e. The topological polar surface area (TPSA) is 106 Å². The van der Waals surface area contributed by atoms with Crippen molar-refractivity contribution in [3.05, 3.63) is 64.9 Å². The third-order valence-electron chi connectivity index (χ3n) is 7.07. The van der Waals surface area contributed by atoms with Crippen molar-refractivity contribution < 1.29 is 27.8 Å². The molecule has 11 heteroatoms. The minimum absolute atomic E-state index is 0.0201. The van der Waals surface area contributed by atoms with Crippen LogP contribution in [-0.2, 0) is 17.9 Å². The van der Waals surface area contributed by atoms with Gasteiger partial charge in [0.15, 0.2) is 5.82 Å². The Morgan fingerprint density at radius 2 is 1.82 bits per heavy atom. The molecule has 0 radical (unpaired) electrons. The molecule has 1 saturated carbocycles. The maximum Gasteiger partial charge on any atom is 0.260 e. The van der Waals surface area contributed by atoms with Crippen LogP contribution in [0.1, 0.15) is 41.4 Å². The highest BCUT2D eigenvalue weighted by molar-refractivity contribution is 6.02. The maximum atomic E-state index is 14.7. The molecule has 0 saturated heterocycles. The van der Waals surface area contributed by atoms with Crippen LogP contribution in [0.5, 0.6) is 11.5 Å². The number of hydrogen-bond acceptors (Lipinski definition) is 7. The molecule has 2 N–H and O–H groups in total. The standard InChI is InChI=1S/C28H29F2N5O4/c1-4-31-27(36)16-10-17(11-16)32-26-24-21(33-25(34-26)23-19(29)6-5-7-20(23)30)14-35(28(24)37)13-15-8-9-18(38-2)12-22(15)39-3/h5-9,12,16-17H,4,10-11,13-14H2,1-3H3,(H,31,36)(H,32,33,34)/t16-,17-. The first-order valence-corrected chi connectivity index (χ1v) is 12.7. The summed E-state index contributed by atoms with van der Waals surface area (Å²) < 4.78 is 40.1. The molecule has 9 nitrogen and oxygen atoms in total. The summed E-state index contributed by atoms with van der Waals surface area (Å²) in [6, 6.07) is 8.74. The summed E-state index contributed by atoms with van der Waals surface area (Å²) in [6.07, 6.45) is 1.10. The van der Waals surface area contributed by atoms with E-state index in [0.717, 1.165) is 17.7 Å². The van der Waals surface area contributed by atoms with E-state index in [1.807, 2.05) is 13.0 Å². The number of fused-ring (bicyclic) bond motifs is 1. The Bertz CT molecular complexity index is 1410. The summed E-state index contributed by atoms with van der Waals surface area (Å²) in [7, 11) is 3.09. The van der Waals surface area contributed by atoms with Crippen molar-refractivity contribution in [1.29, 1.82) is 0 Å². The number of amides is 2. The van der Waals surface area contributed by atoms with Crippen molar-refractivity contribution in [2.24, 2.45) is 5.92 Å². The van der Waals surface area contributed by atoms with Gasteiger partial charge in [-0.25, -0.2) is 18.7 Å². The van der Waals surface area contributed by atoms with Gasteiger partial charge in [-0.15, -0.1) is 0 Å². The monoisotopic (exact) mass is 537 g/mol. The lowest BCUT2D eigenvalue weighted by molar-refractivity contribution is -0.127. The van der Waals surface area contributed by atoms with Gasteiger partial charge in [0, 0.05) is 30.1 Å². The molecule has 5 rings (SSSR count). The van der Waals surface area contributed by atoms with Gasteiger partial charge in [-0.1, -0.05) is 6.07 Å². The van der Waals surface area contributed by atoms with Gasteiger partial charge in [0.1, 0.15) is 34.5 Å². The van der Waals surface area contributed by atoms with E-state index in [2.05, 4.69) is 20.6 Å². The summed E-state index contributed by atoms with van der Waals surface area (Å²) in [6.45, 7) is 2.75. The number of halogens is 2. The van der Waals surface area contributed by atoms with E-state index < -0.39 is 11.6 Å². The van der Waals surface area contributed by atoms with Gasteiger partial charge < -0.3 is 25.0 Å². The molecule has 2 aromatic carbocycles. The Morgan fingerprint density at radius 1 is 1.08 bits per heavy atom. The van der Waals surface area contributed by atoms with Crippen molar-refractivity contribution in [3.63, 3.8) is 0 Å². The third-order valence-corrected chi connectivity index (χ3v) is 7.07. The highest BCUT2D eigenvalue weighted by atomic mass is 19.1. The summed E-state index contributed by atoms with van der Waals surface area (Å²) in [5.41, 5.74) is 1.01. The number of aromatic nitrogens is 2. The Hall–Kier alpha value is -4.28. The molecule has 1 fully saturated rings. The van der Waals surface area contributed by atoms with Gasteiger partial charge in [0.25, 0.3) is 5.91 Å². The van der Waals surface area contributed by atoms with Crippen LogP contribution in [0.3, 0.4) is 0 Å². The number of benzene rings is 2. The molecule has 1 aliphatic heterocycles. The van der Waals surface area contributed by atoms with Gasteiger partial charge in [-0.05, 0) is 44.0 Å². The molecule has 2 aliphatic rings. The average Bonchev–Trinajstić information content (AvgIpc) is 3.21. The summed E-state index contributed by atoms with van der Waals surface area (Å²) >= 11 is 0. The van der Waals surface area contributed by atoms with Crippen molar-refractivity contribution in [2.75, 3.05) is 26.1 Å². The van der Waals surface area contributed by atoms with Crippen LogP contribution >= 0.6 is 0 Å². The van der Waals surface area contributed by atoms with E-state index >= 15 is 0 Å². The highest BCUT2D eigenvalue weighted by Gasteiger charge is 2.38. The zero-order valence-corrected chi connectivity index (χ0v) is 21.9. The number of nitrogens with one attached hydrogen (secondary N) is 2. The van der Waals surface area contributed by atoms with E-state index in [1.165, 1.54) is 13.2 Å². The first-order chi connectivity index (χ1) is 18.8. The van der Waals surface area contributed by atoms with E-state index in [4.69, 9.17) is 9.47 Å². The van der Waals surface area contributed by atoms with E-state index in [0.29, 0.717) is 36.6 Å². The van der Waals surface area contributed by atoms with Crippen LogP contribution in [0.4, 0.5) is 14.6 Å². The Morgan fingerprint density at radius 3 is 2.49 bits per heavy atom. The molecule has 0 atom stereocenters. The van der Waals surface area contributed by atoms with Gasteiger partial charge in [-0.3, -0.25) is 9.59 Å². The lowest BCUT2D eigenvalue weighted by atomic mass is 9.79. The number of anilines is 1. The molecule has 204 valence electrons. The fraction of sp³-hybridized carbons (Fsp3) is 0.357. The molecule has 2 heterocycles. The predicted molar refractivity (Wildman–Crippen MR) is 139 cm³/mol. The smallest absolute Gasteiger partial charge is 0.260 e. The molecule has 3 aromatic rings. The van der Waals surface area contributed by atoms with Crippen LogP contribution < -0.4 is 20.1 Å². The highest BCUT2D eigenvalue weighted by Crippen LogP contribution is 2.37. The van der Waals surface area contributed by atoms with E-state index in [-0.39, 0.29) is 59.6 Å². The van der Waals surface area contributed by atoms with Crippen molar-refractivity contribution in [3.8, 4) is 22.9 Å². The van der Waals surface area contributed by atoms with Gasteiger partial charge in [-0.2, -0.15) is 0 Å². The van der Waals surface area contributed by atoms with Crippen LogP contribution in [0, 0.1) is 17.6 Å². The maximum absolute atomic E-state index is 14.7. The Labute approximate surface area is 224 Å². The molecule has 0 spiro atoms. The Balaban J connectivity index is 1.47. The van der Waals surface area contributed by atoms with Crippen LogP contribution in [0.15, 0.2) is 36.4 Å². The van der Waals surface area contributed by atoms with Crippen molar-refractivity contribution in [1.82, 2.24) is 20.2 Å². The van der Waals surface area contributed by atoms with Crippen LogP contribution in [-0.4, -0.2) is 53.5 Å². The van der Waals surface area contributed by atoms with Crippen molar-refractivity contribution >= 4 is 17.6 Å². The lowest BCUT2D eigenvalue weighted by Crippen LogP contribution is -2.44. The van der Waals surface area contributed by atoms with Crippen LogP contribution in [0.2, 0.25) is 0 Å². The molecule has 1 aromatic heterocycles. The summed E-state index contributed by atoms with van der Waals surface area (Å²) in [5, 5.41) is 6.06. The predicted octanol–water partition coefficient (Wildman–Crippen LogP) is 3.92.